The minimum absolute atomic E-state index is 0.139. The van der Waals surface area contributed by atoms with Crippen LogP contribution in [0.25, 0.3) is 10.9 Å². The van der Waals surface area contributed by atoms with Crippen LogP contribution in [0.1, 0.15) is 62.2 Å². The molecule has 4 bridgehead atoms. The number of hydrogen-bond donors (Lipinski definition) is 2. The van der Waals surface area contributed by atoms with E-state index in [1.165, 1.54) is 6.42 Å². The molecule has 148 valence electrons. The van der Waals surface area contributed by atoms with E-state index in [2.05, 4.69) is 4.98 Å². The van der Waals surface area contributed by atoms with Gasteiger partial charge in [-0.05, 0) is 68.8 Å². The first-order valence-corrected chi connectivity index (χ1v) is 10.4. The average Bonchev–Trinajstić information content (AvgIpc) is 3.02. The Labute approximate surface area is 164 Å². The van der Waals surface area contributed by atoms with Gasteiger partial charge in [-0.1, -0.05) is 18.2 Å². The number of H-pyrrole nitrogens is 1. The van der Waals surface area contributed by atoms with Gasteiger partial charge in [-0.15, -0.1) is 0 Å². The number of aliphatic hydroxyl groups is 1. The minimum Gasteiger partial charge on any atom is -0.454 e. The Morgan fingerprint density at radius 1 is 1.21 bits per heavy atom. The predicted molar refractivity (Wildman–Crippen MR) is 105 cm³/mol. The Balaban J connectivity index is 1.27. The highest BCUT2D eigenvalue weighted by Gasteiger charge is 2.57. The average molecular weight is 381 g/mol. The zero-order valence-corrected chi connectivity index (χ0v) is 16.2. The van der Waals surface area contributed by atoms with E-state index in [1.807, 2.05) is 24.3 Å². The summed E-state index contributed by atoms with van der Waals surface area (Å²) in [6, 6.07) is 7.61. The molecule has 0 radical (unpaired) electrons. The molecule has 0 amide bonds. The Bertz CT molecular complexity index is 931. The standard InChI is InChI=1S/C23H27NO4/c1-14(21(26)18-12-24-19-5-3-2-4-17(18)19)28-20(25)11-22-7-15-6-16(8-22)10-23(27,9-15)13-22/h2-5,12,14-16,24,27H,6-11,13H2,1H3/t14-,15+,16+,22?,23?/m0/s1. The highest BCUT2D eigenvalue weighted by Crippen LogP contribution is 2.62. The first-order chi connectivity index (χ1) is 13.3. The van der Waals surface area contributed by atoms with Gasteiger partial charge in [0.05, 0.1) is 12.0 Å². The van der Waals surface area contributed by atoms with Crippen molar-refractivity contribution in [3.05, 3.63) is 36.0 Å². The molecule has 0 spiro atoms. The number of carbonyl (C=O) groups is 2. The van der Waals surface area contributed by atoms with E-state index in [1.54, 1.807) is 13.1 Å². The molecule has 2 aromatic rings. The lowest BCUT2D eigenvalue weighted by atomic mass is 9.47. The van der Waals surface area contributed by atoms with Crippen molar-refractivity contribution in [1.82, 2.24) is 4.98 Å². The van der Waals surface area contributed by atoms with Gasteiger partial charge in [0.15, 0.2) is 6.10 Å². The van der Waals surface area contributed by atoms with Crippen LogP contribution in [0.2, 0.25) is 0 Å². The van der Waals surface area contributed by atoms with Crippen LogP contribution in [-0.4, -0.2) is 33.5 Å². The van der Waals surface area contributed by atoms with Gasteiger partial charge < -0.3 is 14.8 Å². The highest BCUT2D eigenvalue weighted by atomic mass is 16.5. The number of fused-ring (bicyclic) bond motifs is 1. The summed E-state index contributed by atoms with van der Waals surface area (Å²) >= 11 is 0. The number of aromatic amines is 1. The third-order valence-corrected chi connectivity index (χ3v) is 7.20. The van der Waals surface area contributed by atoms with Gasteiger partial charge in [-0.3, -0.25) is 9.59 Å². The third kappa shape index (κ3) is 2.96. The maximum atomic E-state index is 12.8. The SMILES string of the molecule is C[C@H](OC(=O)CC12C[C@H]3C[C@@H](CC(O)(C3)C1)C2)C(=O)c1c[nH]c2ccccc12. The number of rotatable bonds is 5. The van der Waals surface area contributed by atoms with E-state index >= 15 is 0 Å². The van der Waals surface area contributed by atoms with Crippen LogP contribution in [0.5, 0.6) is 0 Å². The van der Waals surface area contributed by atoms with Crippen molar-refractivity contribution < 1.29 is 19.4 Å². The molecule has 4 saturated carbocycles. The molecule has 5 nitrogen and oxygen atoms in total. The lowest BCUT2D eigenvalue weighted by Crippen LogP contribution is -2.56. The van der Waals surface area contributed by atoms with E-state index in [9.17, 15) is 14.7 Å². The Kier molecular flexibility index (Phi) is 3.96. The summed E-state index contributed by atoms with van der Waals surface area (Å²) in [5.41, 5.74) is 0.723. The summed E-state index contributed by atoms with van der Waals surface area (Å²) in [7, 11) is 0. The molecule has 4 aliphatic rings. The van der Waals surface area contributed by atoms with Crippen LogP contribution < -0.4 is 0 Å². The normalized spacial score (nSPS) is 34.5. The van der Waals surface area contributed by atoms with Gasteiger partial charge in [0, 0.05) is 22.7 Å². The van der Waals surface area contributed by atoms with Crippen molar-refractivity contribution in [2.75, 3.05) is 0 Å². The second-order valence-corrected chi connectivity index (χ2v) is 9.61. The number of para-hydroxylation sites is 1. The fraction of sp³-hybridized carbons (Fsp3) is 0.565. The molecule has 2 N–H and O–H groups in total. The number of hydrogen-bond acceptors (Lipinski definition) is 4. The third-order valence-electron chi connectivity index (χ3n) is 7.20. The molecule has 1 aromatic carbocycles. The number of Topliss-reactive ketones (excluding diaryl/α,β-unsaturated/α-hetero) is 1. The van der Waals surface area contributed by atoms with Crippen molar-refractivity contribution in [3.63, 3.8) is 0 Å². The van der Waals surface area contributed by atoms with Crippen molar-refractivity contribution in [2.24, 2.45) is 17.3 Å². The molecule has 1 heterocycles. The summed E-state index contributed by atoms with van der Waals surface area (Å²) in [6.45, 7) is 1.65. The molecular weight excluding hydrogens is 354 g/mol. The molecule has 4 fully saturated rings. The van der Waals surface area contributed by atoms with Crippen LogP contribution in [0.15, 0.2) is 30.5 Å². The molecule has 1 aromatic heterocycles. The maximum Gasteiger partial charge on any atom is 0.307 e. The van der Waals surface area contributed by atoms with Crippen LogP contribution in [-0.2, 0) is 9.53 Å². The second kappa shape index (κ2) is 6.18. The number of ether oxygens (including phenoxy) is 1. The van der Waals surface area contributed by atoms with Gasteiger partial charge in [0.25, 0.3) is 0 Å². The van der Waals surface area contributed by atoms with Gasteiger partial charge in [0.2, 0.25) is 5.78 Å². The Morgan fingerprint density at radius 2 is 1.93 bits per heavy atom. The Hall–Kier alpha value is -2.14. The number of benzene rings is 1. The molecule has 0 unspecified atom stereocenters. The van der Waals surface area contributed by atoms with Gasteiger partial charge in [-0.2, -0.15) is 0 Å². The molecule has 6 rings (SSSR count). The number of nitrogens with one attached hydrogen (secondary N) is 1. The van der Waals surface area contributed by atoms with E-state index in [0.717, 1.165) is 36.6 Å². The fourth-order valence-corrected chi connectivity index (χ4v) is 6.70. The van der Waals surface area contributed by atoms with Crippen molar-refractivity contribution in [3.8, 4) is 0 Å². The van der Waals surface area contributed by atoms with Crippen LogP contribution in [0, 0.1) is 17.3 Å². The zero-order valence-electron chi connectivity index (χ0n) is 16.2. The van der Waals surface area contributed by atoms with Crippen molar-refractivity contribution in [1.29, 1.82) is 0 Å². The summed E-state index contributed by atoms with van der Waals surface area (Å²) in [5, 5.41) is 11.7. The van der Waals surface area contributed by atoms with Gasteiger partial charge in [-0.25, -0.2) is 0 Å². The first-order valence-electron chi connectivity index (χ1n) is 10.4. The molecule has 0 saturated heterocycles. The number of esters is 1. The Morgan fingerprint density at radius 3 is 2.64 bits per heavy atom. The van der Waals surface area contributed by atoms with Crippen molar-refractivity contribution >= 4 is 22.7 Å². The quantitative estimate of drug-likeness (QED) is 0.606. The van der Waals surface area contributed by atoms with E-state index in [0.29, 0.717) is 30.2 Å². The summed E-state index contributed by atoms with van der Waals surface area (Å²) < 4.78 is 5.57. The molecule has 3 atom stereocenters. The number of carbonyl (C=O) groups excluding carboxylic acids is 2. The van der Waals surface area contributed by atoms with Crippen LogP contribution in [0.3, 0.4) is 0 Å². The number of ketones is 1. The van der Waals surface area contributed by atoms with Gasteiger partial charge in [0.1, 0.15) is 0 Å². The van der Waals surface area contributed by atoms with Crippen LogP contribution in [0.4, 0.5) is 0 Å². The first kappa shape index (κ1) is 17.9. The number of aromatic nitrogens is 1. The highest BCUT2D eigenvalue weighted by molar-refractivity contribution is 6.10. The lowest BCUT2D eigenvalue weighted by molar-refractivity contribution is -0.178. The summed E-state index contributed by atoms with van der Waals surface area (Å²) in [6.07, 6.45) is 6.85. The van der Waals surface area contributed by atoms with E-state index in [4.69, 9.17) is 4.74 Å². The van der Waals surface area contributed by atoms with Gasteiger partial charge >= 0.3 is 5.97 Å². The monoisotopic (exact) mass is 381 g/mol. The molecule has 28 heavy (non-hydrogen) atoms. The summed E-state index contributed by atoms with van der Waals surface area (Å²) in [4.78, 5) is 28.6. The second-order valence-electron chi connectivity index (χ2n) is 9.61. The molecular formula is C23H27NO4. The van der Waals surface area contributed by atoms with E-state index in [-0.39, 0.29) is 17.2 Å². The van der Waals surface area contributed by atoms with Crippen LogP contribution >= 0.6 is 0 Å². The largest absolute Gasteiger partial charge is 0.454 e. The smallest absolute Gasteiger partial charge is 0.307 e. The molecule has 4 aliphatic carbocycles. The minimum atomic E-state index is -0.816. The predicted octanol–water partition coefficient (Wildman–Crippen LogP) is 4.00. The summed E-state index contributed by atoms with van der Waals surface area (Å²) in [5.74, 6) is 0.565. The van der Waals surface area contributed by atoms with Crippen molar-refractivity contribution in [2.45, 2.75) is 63.6 Å². The zero-order chi connectivity index (χ0) is 19.5. The molecule has 0 aliphatic heterocycles. The van der Waals surface area contributed by atoms with E-state index < -0.39 is 11.7 Å². The topological polar surface area (TPSA) is 79.4 Å². The maximum absolute atomic E-state index is 12.8. The fourth-order valence-electron chi connectivity index (χ4n) is 6.70. The lowest BCUT2D eigenvalue weighted by Gasteiger charge is -2.60. The molecule has 5 heteroatoms.